The highest BCUT2D eigenvalue weighted by Gasteiger charge is 2.55. The summed E-state index contributed by atoms with van der Waals surface area (Å²) in [5.74, 6) is -1.53. The molecule has 2 heterocycles. The van der Waals surface area contributed by atoms with Crippen molar-refractivity contribution in [1.82, 2.24) is 15.1 Å². The Hall–Kier alpha value is -1.63. The van der Waals surface area contributed by atoms with E-state index < -0.39 is 23.6 Å². The maximum absolute atomic E-state index is 12.6. The third kappa shape index (κ3) is 2.62. The van der Waals surface area contributed by atoms with Gasteiger partial charge in [0.2, 0.25) is 0 Å². The molecule has 2 fully saturated rings. The average Bonchev–Trinajstić information content (AvgIpc) is 2.64. The van der Waals surface area contributed by atoms with Gasteiger partial charge >= 0.3 is 12.0 Å². The molecule has 0 aromatic carbocycles. The molecule has 2 N–H and O–H groups in total. The van der Waals surface area contributed by atoms with Gasteiger partial charge in [0.25, 0.3) is 5.91 Å². The molecule has 1 atom stereocenters. The minimum atomic E-state index is -1.14. The summed E-state index contributed by atoms with van der Waals surface area (Å²) in [5, 5.41) is 11.9. The SMILES string of the molecule is CCC(C(=O)O)N1C(=O)NC2(CCN(C(C)C)CC2)C1=O. The monoisotopic (exact) mass is 297 g/mol. The Balaban J connectivity index is 2.17. The lowest BCUT2D eigenvalue weighted by molar-refractivity contribution is -0.148. The molecular formula is C14H23N3O4. The molecular weight excluding hydrogens is 274 g/mol. The number of hydrogen-bond acceptors (Lipinski definition) is 4. The summed E-state index contributed by atoms with van der Waals surface area (Å²) in [6.07, 6.45) is 1.27. The number of piperidine rings is 1. The fourth-order valence-electron chi connectivity index (χ4n) is 3.15. The quantitative estimate of drug-likeness (QED) is 0.743. The Bertz CT molecular complexity index is 455. The average molecular weight is 297 g/mol. The van der Waals surface area contributed by atoms with E-state index in [2.05, 4.69) is 24.1 Å². The lowest BCUT2D eigenvalue weighted by Crippen LogP contribution is -2.56. The van der Waals surface area contributed by atoms with Gasteiger partial charge in [0.05, 0.1) is 0 Å². The molecule has 2 aliphatic rings. The van der Waals surface area contributed by atoms with E-state index in [9.17, 15) is 19.5 Å². The molecule has 7 heteroatoms. The topological polar surface area (TPSA) is 89.9 Å². The zero-order valence-corrected chi connectivity index (χ0v) is 12.8. The summed E-state index contributed by atoms with van der Waals surface area (Å²) >= 11 is 0. The van der Waals surface area contributed by atoms with Gasteiger partial charge in [-0.05, 0) is 33.1 Å². The van der Waals surface area contributed by atoms with Crippen LogP contribution in [0.25, 0.3) is 0 Å². The maximum atomic E-state index is 12.6. The van der Waals surface area contributed by atoms with Crippen molar-refractivity contribution < 1.29 is 19.5 Å². The summed E-state index contributed by atoms with van der Waals surface area (Å²) in [4.78, 5) is 39.1. The van der Waals surface area contributed by atoms with Crippen molar-refractivity contribution >= 4 is 17.9 Å². The fourth-order valence-corrected chi connectivity index (χ4v) is 3.15. The molecule has 1 spiro atoms. The van der Waals surface area contributed by atoms with Crippen molar-refractivity contribution in [2.45, 2.75) is 57.7 Å². The summed E-state index contributed by atoms with van der Waals surface area (Å²) in [7, 11) is 0. The zero-order chi connectivity index (χ0) is 15.8. The second kappa shape index (κ2) is 5.63. The Morgan fingerprint density at radius 1 is 1.33 bits per heavy atom. The van der Waals surface area contributed by atoms with Crippen molar-refractivity contribution in [3.05, 3.63) is 0 Å². The summed E-state index contributed by atoms with van der Waals surface area (Å²) in [6, 6.07) is -1.26. The predicted molar refractivity (Wildman–Crippen MR) is 75.8 cm³/mol. The van der Waals surface area contributed by atoms with Gasteiger partial charge in [-0.15, -0.1) is 0 Å². The van der Waals surface area contributed by atoms with Crippen LogP contribution >= 0.6 is 0 Å². The molecule has 2 aliphatic heterocycles. The number of carboxylic acid groups (broad SMARTS) is 1. The Morgan fingerprint density at radius 3 is 2.33 bits per heavy atom. The van der Waals surface area contributed by atoms with Crippen LogP contribution in [0, 0.1) is 0 Å². The van der Waals surface area contributed by atoms with E-state index in [1.54, 1.807) is 6.92 Å². The number of hydrogen-bond donors (Lipinski definition) is 2. The van der Waals surface area contributed by atoms with Gasteiger partial charge in [0, 0.05) is 19.1 Å². The smallest absolute Gasteiger partial charge is 0.326 e. The van der Waals surface area contributed by atoms with Gasteiger partial charge in [-0.2, -0.15) is 0 Å². The molecule has 0 aromatic rings. The van der Waals surface area contributed by atoms with Crippen molar-refractivity contribution in [2.75, 3.05) is 13.1 Å². The predicted octanol–water partition coefficient (Wildman–Crippen LogP) is 0.644. The van der Waals surface area contributed by atoms with Gasteiger partial charge < -0.3 is 15.3 Å². The minimum absolute atomic E-state index is 0.211. The van der Waals surface area contributed by atoms with Crippen LogP contribution in [0.5, 0.6) is 0 Å². The Morgan fingerprint density at radius 2 is 1.90 bits per heavy atom. The van der Waals surface area contributed by atoms with Crippen molar-refractivity contribution in [1.29, 1.82) is 0 Å². The number of carboxylic acids is 1. The number of urea groups is 1. The number of rotatable bonds is 4. The summed E-state index contributed by atoms with van der Waals surface area (Å²) in [5.41, 5.74) is -0.911. The first-order valence-electron chi connectivity index (χ1n) is 7.45. The zero-order valence-electron chi connectivity index (χ0n) is 12.8. The largest absolute Gasteiger partial charge is 0.480 e. The molecule has 2 saturated heterocycles. The number of carbonyl (C=O) groups is 3. The maximum Gasteiger partial charge on any atom is 0.326 e. The van der Waals surface area contributed by atoms with Crippen LogP contribution in [0.1, 0.15) is 40.0 Å². The molecule has 3 amide bonds. The second-order valence-electron chi connectivity index (χ2n) is 6.08. The van der Waals surface area contributed by atoms with Gasteiger partial charge in [-0.25, -0.2) is 14.5 Å². The van der Waals surface area contributed by atoms with Crippen molar-refractivity contribution in [3.63, 3.8) is 0 Å². The third-order valence-corrected chi connectivity index (χ3v) is 4.56. The van der Waals surface area contributed by atoms with Gasteiger partial charge in [-0.3, -0.25) is 4.79 Å². The molecule has 0 saturated carbocycles. The number of aliphatic carboxylic acids is 1. The highest BCUT2D eigenvalue weighted by atomic mass is 16.4. The van der Waals surface area contributed by atoms with E-state index in [-0.39, 0.29) is 12.3 Å². The number of nitrogens with zero attached hydrogens (tertiary/aromatic N) is 2. The summed E-state index contributed by atoms with van der Waals surface area (Å²) in [6.45, 7) is 7.29. The number of amides is 3. The molecule has 0 bridgehead atoms. The van der Waals surface area contributed by atoms with Crippen LogP contribution < -0.4 is 5.32 Å². The van der Waals surface area contributed by atoms with Gasteiger partial charge in [0.1, 0.15) is 11.6 Å². The van der Waals surface area contributed by atoms with Crippen molar-refractivity contribution in [3.8, 4) is 0 Å². The molecule has 118 valence electrons. The number of carbonyl (C=O) groups excluding carboxylic acids is 2. The molecule has 0 aliphatic carbocycles. The lowest BCUT2D eigenvalue weighted by atomic mass is 9.86. The van der Waals surface area contributed by atoms with Crippen LogP contribution in [-0.4, -0.2) is 63.5 Å². The highest BCUT2D eigenvalue weighted by molar-refractivity contribution is 6.09. The number of likely N-dealkylation sites (tertiary alicyclic amines) is 1. The molecule has 0 aromatic heterocycles. The molecule has 7 nitrogen and oxygen atoms in total. The molecule has 0 radical (unpaired) electrons. The number of nitrogens with one attached hydrogen (secondary N) is 1. The lowest BCUT2D eigenvalue weighted by Gasteiger charge is -2.39. The summed E-state index contributed by atoms with van der Waals surface area (Å²) < 4.78 is 0. The Kier molecular flexibility index (Phi) is 4.22. The Labute approximate surface area is 124 Å². The van der Waals surface area contributed by atoms with Gasteiger partial charge in [-0.1, -0.05) is 6.92 Å². The van der Waals surface area contributed by atoms with E-state index >= 15 is 0 Å². The van der Waals surface area contributed by atoms with Crippen LogP contribution in [0.3, 0.4) is 0 Å². The van der Waals surface area contributed by atoms with Gasteiger partial charge in [0.15, 0.2) is 0 Å². The van der Waals surface area contributed by atoms with Crippen molar-refractivity contribution in [2.24, 2.45) is 0 Å². The molecule has 2 rings (SSSR count). The van der Waals surface area contributed by atoms with E-state index in [0.29, 0.717) is 18.9 Å². The van der Waals surface area contributed by atoms with E-state index in [1.807, 2.05) is 0 Å². The van der Waals surface area contributed by atoms with Crippen LogP contribution in [0.15, 0.2) is 0 Å². The van der Waals surface area contributed by atoms with Crippen LogP contribution in [0.4, 0.5) is 4.79 Å². The molecule has 21 heavy (non-hydrogen) atoms. The first kappa shape index (κ1) is 15.8. The number of imide groups is 1. The van der Waals surface area contributed by atoms with Crippen LogP contribution in [0.2, 0.25) is 0 Å². The minimum Gasteiger partial charge on any atom is -0.480 e. The fraction of sp³-hybridized carbons (Fsp3) is 0.786. The van der Waals surface area contributed by atoms with E-state index in [1.165, 1.54) is 0 Å². The standard InChI is InChI=1S/C14H23N3O4/c1-4-10(11(18)19)17-12(20)14(15-13(17)21)5-7-16(8-6-14)9(2)3/h9-10H,4-8H2,1-3H3,(H,15,21)(H,18,19). The van der Waals surface area contributed by atoms with Crippen LogP contribution in [-0.2, 0) is 9.59 Å². The second-order valence-corrected chi connectivity index (χ2v) is 6.08. The van der Waals surface area contributed by atoms with E-state index in [0.717, 1.165) is 18.0 Å². The first-order valence-corrected chi connectivity index (χ1v) is 7.45. The first-order chi connectivity index (χ1) is 9.82. The highest BCUT2D eigenvalue weighted by Crippen LogP contribution is 2.31. The molecule has 1 unspecified atom stereocenters. The normalized spacial score (nSPS) is 23.7. The third-order valence-electron chi connectivity index (χ3n) is 4.56. The van der Waals surface area contributed by atoms with E-state index in [4.69, 9.17) is 0 Å².